The SMILES string of the molecule is O=C1NCC2(CCCNCC2)N1. The Bertz CT molecular complexity index is 185. The van der Waals surface area contributed by atoms with Crippen LogP contribution in [0.3, 0.4) is 0 Å². The maximum absolute atomic E-state index is 11.0. The Morgan fingerprint density at radius 2 is 2.17 bits per heavy atom. The highest BCUT2D eigenvalue weighted by atomic mass is 16.2. The molecule has 0 radical (unpaired) electrons. The minimum Gasteiger partial charge on any atom is -0.336 e. The summed E-state index contributed by atoms with van der Waals surface area (Å²) in [4.78, 5) is 11.0. The Kier molecular flexibility index (Phi) is 1.92. The minimum absolute atomic E-state index is 0.00287. The molecule has 3 N–H and O–H groups in total. The van der Waals surface area contributed by atoms with Crippen molar-refractivity contribution in [3.63, 3.8) is 0 Å². The average molecular weight is 169 g/mol. The molecule has 0 aromatic carbocycles. The van der Waals surface area contributed by atoms with Gasteiger partial charge in [0.05, 0.1) is 5.54 Å². The lowest BCUT2D eigenvalue weighted by molar-refractivity contribution is 0.243. The number of nitrogens with one attached hydrogen (secondary N) is 3. The van der Waals surface area contributed by atoms with Gasteiger partial charge in [0.2, 0.25) is 0 Å². The van der Waals surface area contributed by atoms with Crippen molar-refractivity contribution in [2.45, 2.75) is 24.8 Å². The Labute approximate surface area is 72.1 Å². The van der Waals surface area contributed by atoms with E-state index in [0.717, 1.165) is 38.9 Å². The standard InChI is InChI=1S/C8H15N3O/c12-7-10-6-8(11-7)2-1-4-9-5-3-8/h9H,1-6H2,(H2,10,11,12). The fourth-order valence-electron chi connectivity index (χ4n) is 2.01. The zero-order valence-electron chi connectivity index (χ0n) is 7.15. The summed E-state index contributed by atoms with van der Waals surface area (Å²) in [5, 5.41) is 9.18. The number of hydrogen-bond donors (Lipinski definition) is 3. The second kappa shape index (κ2) is 2.94. The maximum Gasteiger partial charge on any atom is 0.315 e. The number of carbonyl (C=O) groups excluding carboxylic acids is 1. The molecule has 1 spiro atoms. The summed E-state index contributed by atoms with van der Waals surface area (Å²) in [6.07, 6.45) is 3.30. The van der Waals surface area contributed by atoms with E-state index in [-0.39, 0.29) is 11.6 Å². The molecule has 0 aromatic rings. The lowest BCUT2D eigenvalue weighted by Crippen LogP contribution is -2.43. The Morgan fingerprint density at radius 3 is 2.92 bits per heavy atom. The van der Waals surface area contributed by atoms with Crippen molar-refractivity contribution < 1.29 is 4.79 Å². The van der Waals surface area contributed by atoms with Crippen LogP contribution in [0.15, 0.2) is 0 Å². The molecule has 2 rings (SSSR count). The van der Waals surface area contributed by atoms with Crippen LogP contribution in [0, 0.1) is 0 Å². The van der Waals surface area contributed by atoms with E-state index in [1.165, 1.54) is 0 Å². The number of urea groups is 1. The summed E-state index contributed by atoms with van der Waals surface area (Å²) in [6.45, 7) is 2.90. The highest BCUT2D eigenvalue weighted by Crippen LogP contribution is 2.21. The van der Waals surface area contributed by atoms with Gasteiger partial charge in [-0.15, -0.1) is 0 Å². The fourth-order valence-corrected chi connectivity index (χ4v) is 2.01. The maximum atomic E-state index is 11.0. The van der Waals surface area contributed by atoms with Gasteiger partial charge in [0, 0.05) is 6.54 Å². The van der Waals surface area contributed by atoms with Gasteiger partial charge in [-0.2, -0.15) is 0 Å². The third kappa shape index (κ3) is 1.39. The van der Waals surface area contributed by atoms with Crippen molar-refractivity contribution in [3.05, 3.63) is 0 Å². The zero-order chi connectivity index (χ0) is 8.44. The molecule has 4 heteroatoms. The average Bonchev–Trinajstić information content (AvgIpc) is 2.30. The summed E-state index contributed by atoms with van der Waals surface area (Å²) >= 11 is 0. The second-order valence-electron chi connectivity index (χ2n) is 3.69. The van der Waals surface area contributed by atoms with Crippen LogP contribution in [0.1, 0.15) is 19.3 Å². The van der Waals surface area contributed by atoms with Crippen LogP contribution >= 0.6 is 0 Å². The Morgan fingerprint density at radius 1 is 1.25 bits per heavy atom. The van der Waals surface area contributed by atoms with Crippen molar-refractivity contribution in [1.29, 1.82) is 0 Å². The molecule has 2 fully saturated rings. The van der Waals surface area contributed by atoms with Gasteiger partial charge in [0.25, 0.3) is 0 Å². The summed E-state index contributed by atoms with van der Waals surface area (Å²) in [5.74, 6) is 0. The minimum atomic E-state index is -0.00287. The molecule has 4 nitrogen and oxygen atoms in total. The summed E-state index contributed by atoms with van der Waals surface area (Å²) < 4.78 is 0. The molecule has 0 bridgehead atoms. The molecule has 2 aliphatic rings. The molecular weight excluding hydrogens is 154 g/mol. The molecular formula is C8H15N3O. The molecule has 12 heavy (non-hydrogen) atoms. The molecule has 68 valence electrons. The number of carbonyl (C=O) groups is 1. The Balaban J connectivity index is 2.03. The van der Waals surface area contributed by atoms with E-state index in [2.05, 4.69) is 16.0 Å². The van der Waals surface area contributed by atoms with E-state index in [1.807, 2.05) is 0 Å². The van der Waals surface area contributed by atoms with Crippen molar-refractivity contribution in [3.8, 4) is 0 Å². The monoisotopic (exact) mass is 169 g/mol. The molecule has 2 amide bonds. The summed E-state index contributed by atoms with van der Waals surface area (Å²) in [7, 11) is 0. The molecule has 0 aliphatic carbocycles. The molecule has 0 aromatic heterocycles. The number of rotatable bonds is 0. The van der Waals surface area contributed by atoms with Crippen LogP contribution < -0.4 is 16.0 Å². The molecule has 2 heterocycles. The normalized spacial score (nSPS) is 35.8. The van der Waals surface area contributed by atoms with Crippen LogP contribution in [0.2, 0.25) is 0 Å². The molecule has 1 unspecified atom stereocenters. The van der Waals surface area contributed by atoms with Gasteiger partial charge in [-0.3, -0.25) is 0 Å². The topological polar surface area (TPSA) is 53.2 Å². The highest BCUT2D eigenvalue weighted by molar-refractivity contribution is 5.77. The van der Waals surface area contributed by atoms with E-state index < -0.39 is 0 Å². The predicted molar refractivity (Wildman–Crippen MR) is 46.0 cm³/mol. The van der Waals surface area contributed by atoms with E-state index >= 15 is 0 Å². The number of amides is 2. The van der Waals surface area contributed by atoms with Gasteiger partial charge < -0.3 is 16.0 Å². The van der Waals surface area contributed by atoms with Crippen molar-refractivity contribution >= 4 is 6.03 Å². The lowest BCUT2D eigenvalue weighted by Gasteiger charge is -2.25. The zero-order valence-corrected chi connectivity index (χ0v) is 7.15. The first-order valence-corrected chi connectivity index (χ1v) is 4.58. The summed E-state index contributed by atoms with van der Waals surface area (Å²) in [6, 6.07) is -0.00287. The van der Waals surface area contributed by atoms with Gasteiger partial charge in [0.15, 0.2) is 0 Å². The first-order chi connectivity index (χ1) is 5.81. The Hall–Kier alpha value is -0.770. The molecule has 2 saturated heterocycles. The predicted octanol–water partition coefficient (Wildman–Crippen LogP) is -0.189. The van der Waals surface area contributed by atoms with Crippen LogP contribution in [-0.4, -0.2) is 31.2 Å². The van der Waals surface area contributed by atoms with E-state index in [1.54, 1.807) is 0 Å². The fraction of sp³-hybridized carbons (Fsp3) is 0.875. The molecule has 1 atom stereocenters. The van der Waals surface area contributed by atoms with Crippen LogP contribution in [-0.2, 0) is 0 Å². The van der Waals surface area contributed by atoms with Gasteiger partial charge in [-0.05, 0) is 32.4 Å². The highest BCUT2D eigenvalue weighted by Gasteiger charge is 2.37. The smallest absolute Gasteiger partial charge is 0.315 e. The largest absolute Gasteiger partial charge is 0.336 e. The molecule has 0 saturated carbocycles. The van der Waals surface area contributed by atoms with Crippen LogP contribution in [0.4, 0.5) is 4.79 Å². The van der Waals surface area contributed by atoms with Gasteiger partial charge in [-0.25, -0.2) is 4.79 Å². The van der Waals surface area contributed by atoms with Crippen LogP contribution in [0.25, 0.3) is 0 Å². The van der Waals surface area contributed by atoms with Gasteiger partial charge >= 0.3 is 6.03 Å². The quantitative estimate of drug-likeness (QED) is 0.471. The second-order valence-corrected chi connectivity index (χ2v) is 3.69. The third-order valence-corrected chi connectivity index (χ3v) is 2.76. The molecule has 2 aliphatic heterocycles. The van der Waals surface area contributed by atoms with Crippen molar-refractivity contribution in [2.24, 2.45) is 0 Å². The van der Waals surface area contributed by atoms with Gasteiger partial charge in [0.1, 0.15) is 0 Å². The van der Waals surface area contributed by atoms with E-state index in [9.17, 15) is 4.79 Å². The number of hydrogen-bond acceptors (Lipinski definition) is 2. The van der Waals surface area contributed by atoms with Crippen LogP contribution in [0.5, 0.6) is 0 Å². The first kappa shape index (κ1) is 7.86. The first-order valence-electron chi connectivity index (χ1n) is 4.58. The van der Waals surface area contributed by atoms with Crippen molar-refractivity contribution in [2.75, 3.05) is 19.6 Å². The van der Waals surface area contributed by atoms with E-state index in [0.29, 0.717) is 0 Å². The lowest BCUT2D eigenvalue weighted by atomic mass is 9.92. The third-order valence-electron chi connectivity index (χ3n) is 2.76. The van der Waals surface area contributed by atoms with E-state index in [4.69, 9.17) is 0 Å². The summed E-state index contributed by atoms with van der Waals surface area (Å²) in [5.41, 5.74) is 0.0561. The van der Waals surface area contributed by atoms with Crippen molar-refractivity contribution in [1.82, 2.24) is 16.0 Å². The van der Waals surface area contributed by atoms with Gasteiger partial charge in [-0.1, -0.05) is 0 Å².